The fraction of sp³-hybridized carbons (Fsp3) is 0.211. The molecule has 1 heterocycles. The van der Waals surface area contributed by atoms with Gasteiger partial charge in [-0.05, 0) is 29.7 Å². The third-order valence-electron chi connectivity index (χ3n) is 4.01. The summed E-state index contributed by atoms with van der Waals surface area (Å²) in [5.41, 5.74) is 2.34. The Kier molecular flexibility index (Phi) is 5.01. The first-order chi connectivity index (χ1) is 11.6. The van der Waals surface area contributed by atoms with Crippen molar-refractivity contribution < 1.29 is 13.6 Å². The smallest absolute Gasteiger partial charge is 0.238 e. The minimum absolute atomic E-state index is 0.127. The van der Waals surface area contributed by atoms with Crippen molar-refractivity contribution in [2.45, 2.75) is 6.42 Å². The van der Waals surface area contributed by atoms with Crippen LogP contribution in [-0.4, -0.2) is 30.4 Å². The Bertz CT molecular complexity index is 759. The van der Waals surface area contributed by atoms with Crippen LogP contribution >= 0.6 is 0 Å². The van der Waals surface area contributed by atoms with Crippen molar-refractivity contribution >= 4 is 17.2 Å². The van der Waals surface area contributed by atoms with Crippen LogP contribution in [0.1, 0.15) is 12.0 Å². The molecule has 3 nitrogen and oxygen atoms in total. The fourth-order valence-corrected chi connectivity index (χ4v) is 2.76. The number of nitrogens with zero attached hydrogens (tertiary/aromatic N) is 1. The van der Waals surface area contributed by atoms with Gasteiger partial charge in [-0.25, -0.2) is 8.78 Å². The van der Waals surface area contributed by atoms with E-state index < -0.39 is 11.6 Å². The maximum absolute atomic E-state index is 13.5. The Morgan fingerprint density at radius 2 is 1.92 bits per heavy atom. The summed E-state index contributed by atoms with van der Waals surface area (Å²) in [5.74, 6) is -1.58. The number of anilines is 1. The summed E-state index contributed by atoms with van der Waals surface area (Å²) >= 11 is 0. The van der Waals surface area contributed by atoms with E-state index in [4.69, 9.17) is 0 Å². The standard InChI is InChI=1S/C19H18F2N2O/c20-16-6-7-17(21)18(12-16)22-19(24)13-23-10-8-15(9-11-23)14-4-2-1-3-5-14/h1-8,12H,9-11,13H2,(H,22,24). The quantitative estimate of drug-likeness (QED) is 0.928. The Morgan fingerprint density at radius 1 is 1.12 bits per heavy atom. The number of halogens is 2. The Morgan fingerprint density at radius 3 is 2.62 bits per heavy atom. The molecule has 124 valence electrons. The average Bonchev–Trinajstić information content (AvgIpc) is 2.59. The predicted molar refractivity (Wildman–Crippen MR) is 90.5 cm³/mol. The van der Waals surface area contributed by atoms with Gasteiger partial charge < -0.3 is 5.32 Å². The maximum atomic E-state index is 13.5. The minimum Gasteiger partial charge on any atom is -0.322 e. The summed E-state index contributed by atoms with van der Waals surface area (Å²) < 4.78 is 26.7. The molecule has 0 fully saturated rings. The lowest BCUT2D eigenvalue weighted by molar-refractivity contribution is -0.117. The molecular formula is C19H18F2N2O. The number of benzene rings is 2. The first-order valence-corrected chi connectivity index (χ1v) is 7.83. The second-order valence-electron chi connectivity index (χ2n) is 5.75. The second-order valence-corrected chi connectivity index (χ2v) is 5.75. The summed E-state index contributed by atoms with van der Waals surface area (Å²) in [7, 11) is 0. The molecular weight excluding hydrogens is 310 g/mol. The molecule has 0 aromatic heterocycles. The van der Waals surface area contributed by atoms with E-state index in [1.54, 1.807) is 0 Å². The van der Waals surface area contributed by atoms with Gasteiger partial charge in [-0.1, -0.05) is 36.4 Å². The van der Waals surface area contributed by atoms with Crippen molar-refractivity contribution in [2.75, 3.05) is 25.0 Å². The van der Waals surface area contributed by atoms with Crippen molar-refractivity contribution in [3.05, 3.63) is 71.8 Å². The van der Waals surface area contributed by atoms with E-state index in [1.165, 1.54) is 11.1 Å². The lowest BCUT2D eigenvalue weighted by Gasteiger charge is -2.25. The minimum atomic E-state index is -0.644. The first kappa shape index (κ1) is 16.3. The molecule has 0 saturated heterocycles. The third-order valence-corrected chi connectivity index (χ3v) is 4.01. The lowest BCUT2D eigenvalue weighted by atomic mass is 10.00. The molecule has 0 bridgehead atoms. The molecule has 1 N–H and O–H groups in total. The summed E-state index contributed by atoms with van der Waals surface area (Å²) in [6.07, 6.45) is 2.96. The van der Waals surface area contributed by atoms with E-state index >= 15 is 0 Å². The molecule has 0 spiro atoms. The van der Waals surface area contributed by atoms with E-state index in [1.807, 2.05) is 23.1 Å². The lowest BCUT2D eigenvalue weighted by Crippen LogP contribution is -2.36. The molecule has 0 atom stereocenters. The highest BCUT2D eigenvalue weighted by Crippen LogP contribution is 2.22. The molecule has 0 radical (unpaired) electrons. The van der Waals surface area contributed by atoms with Crippen molar-refractivity contribution in [1.29, 1.82) is 0 Å². The Hall–Kier alpha value is -2.53. The molecule has 24 heavy (non-hydrogen) atoms. The van der Waals surface area contributed by atoms with E-state index in [-0.39, 0.29) is 18.1 Å². The average molecular weight is 328 g/mol. The molecule has 3 rings (SSSR count). The van der Waals surface area contributed by atoms with Gasteiger partial charge in [0.25, 0.3) is 0 Å². The molecule has 0 saturated carbocycles. The van der Waals surface area contributed by atoms with Gasteiger partial charge in [-0.2, -0.15) is 0 Å². The topological polar surface area (TPSA) is 32.3 Å². The number of carbonyl (C=O) groups is 1. The number of nitrogens with one attached hydrogen (secondary N) is 1. The van der Waals surface area contributed by atoms with E-state index in [2.05, 4.69) is 23.5 Å². The Labute approximate surface area is 139 Å². The van der Waals surface area contributed by atoms with E-state index in [0.29, 0.717) is 6.54 Å². The number of hydrogen-bond acceptors (Lipinski definition) is 2. The largest absolute Gasteiger partial charge is 0.322 e. The normalized spacial score (nSPS) is 15.0. The second kappa shape index (κ2) is 7.36. The van der Waals surface area contributed by atoms with Gasteiger partial charge in [-0.3, -0.25) is 9.69 Å². The van der Waals surface area contributed by atoms with Gasteiger partial charge in [0, 0.05) is 19.2 Å². The van der Waals surface area contributed by atoms with Crippen LogP contribution in [0.2, 0.25) is 0 Å². The zero-order chi connectivity index (χ0) is 16.9. The van der Waals surface area contributed by atoms with Gasteiger partial charge in [0.05, 0.1) is 12.2 Å². The number of rotatable bonds is 4. The molecule has 5 heteroatoms. The van der Waals surface area contributed by atoms with Gasteiger partial charge in [-0.15, -0.1) is 0 Å². The highest BCUT2D eigenvalue weighted by Gasteiger charge is 2.16. The molecule has 1 aliphatic rings. The third kappa shape index (κ3) is 4.06. The molecule has 0 aliphatic carbocycles. The Balaban J connectivity index is 1.57. The van der Waals surface area contributed by atoms with Gasteiger partial charge in [0.15, 0.2) is 0 Å². The van der Waals surface area contributed by atoms with Crippen molar-refractivity contribution in [1.82, 2.24) is 4.90 Å². The van der Waals surface area contributed by atoms with Crippen LogP contribution in [0.25, 0.3) is 5.57 Å². The highest BCUT2D eigenvalue weighted by atomic mass is 19.1. The molecule has 1 aliphatic heterocycles. The maximum Gasteiger partial charge on any atom is 0.238 e. The number of hydrogen-bond donors (Lipinski definition) is 1. The van der Waals surface area contributed by atoms with E-state index in [0.717, 1.165) is 31.2 Å². The zero-order valence-electron chi connectivity index (χ0n) is 13.1. The summed E-state index contributed by atoms with van der Waals surface area (Å²) in [4.78, 5) is 14.0. The first-order valence-electron chi connectivity index (χ1n) is 7.83. The van der Waals surface area contributed by atoms with Crippen LogP contribution in [0, 0.1) is 11.6 Å². The van der Waals surface area contributed by atoms with Crippen LogP contribution < -0.4 is 5.32 Å². The zero-order valence-corrected chi connectivity index (χ0v) is 13.1. The summed E-state index contributed by atoms with van der Waals surface area (Å²) in [6.45, 7) is 1.55. The van der Waals surface area contributed by atoms with Crippen molar-refractivity contribution in [3.63, 3.8) is 0 Å². The van der Waals surface area contributed by atoms with Crippen LogP contribution in [0.15, 0.2) is 54.6 Å². The van der Waals surface area contributed by atoms with E-state index in [9.17, 15) is 13.6 Å². The van der Waals surface area contributed by atoms with Crippen LogP contribution in [0.3, 0.4) is 0 Å². The van der Waals surface area contributed by atoms with Gasteiger partial charge >= 0.3 is 0 Å². The number of amides is 1. The highest BCUT2D eigenvalue weighted by molar-refractivity contribution is 5.92. The summed E-state index contributed by atoms with van der Waals surface area (Å²) in [6, 6.07) is 13.1. The monoisotopic (exact) mass is 328 g/mol. The number of carbonyl (C=O) groups excluding carboxylic acids is 1. The SMILES string of the molecule is O=C(CN1CC=C(c2ccccc2)CC1)Nc1cc(F)ccc1F. The van der Waals surface area contributed by atoms with Crippen LogP contribution in [-0.2, 0) is 4.79 Å². The molecule has 2 aromatic rings. The predicted octanol–water partition coefficient (Wildman–Crippen LogP) is 3.69. The van der Waals surface area contributed by atoms with Gasteiger partial charge in [0.1, 0.15) is 11.6 Å². The molecule has 1 amide bonds. The van der Waals surface area contributed by atoms with Crippen LogP contribution in [0.5, 0.6) is 0 Å². The fourth-order valence-electron chi connectivity index (χ4n) is 2.76. The summed E-state index contributed by atoms with van der Waals surface area (Å²) in [5, 5.41) is 2.42. The molecule has 2 aromatic carbocycles. The van der Waals surface area contributed by atoms with Gasteiger partial charge in [0.2, 0.25) is 5.91 Å². The molecule has 0 unspecified atom stereocenters. The van der Waals surface area contributed by atoms with Crippen LogP contribution in [0.4, 0.5) is 14.5 Å². The van der Waals surface area contributed by atoms with Crippen molar-refractivity contribution in [2.24, 2.45) is 0 Å². The van der Waals surface area contributed by atoms with Crippen molar-refractivity contribution in [3.8, 4) is 0 Å².